The van der Waals surface area contributed by atoms with Gasteiger partial charge >= 0.3 is 0 Å². The molecule has 4 unspecified atom stereocenters. The third-order valence-electron chi connectivity index (χ3n) is 5.78. The Labute approximate surface area is 143 Å². The fourth-order valence-corrected chi connectivity index (χ4v) is 4.55. The van der Waals surface area contributed by atoms with Crippen LogP contribution in [-0.2, 0) is 4.79 Å². The maximum atomic E-state index is 12.7. The summed E-state index contributed by atoms with van der Waals surface area (Å²) in [5.41, 5.74) is 0. The van der Waals surface area contributed by atoms with Crippen molar-refractivity contribution in [1.82, 2.24) is 20.6 Å². The number of fused-ring (bicyclic) bond motifs is 1. The first-order valence-electron chi connectivity index (χ1n) is 9.38. The van der Waals surface area contributed by atoms with Gasteiger partial charge in [0.25, 0.3) is 0 Å². The highest BCUT2D eigenvalue weighted by Gasteiger charge is 2.38. The lowest BCUT2D eigenvalue weighted by atomic mass is 9.85. The molecule has 0 spiro atoms. The molecule has 0 radical (unpaired) electrons. The molecule has 6 nitrogen and oxygen atoms in total. The zero-order chi connectivity index (χ0) is 16.4. The summed E-state index contributed by atoms with van der Waals surface area (Å²) < 4.78 is 0. The summed E-state index contributed by atoms with van der Waals surface area (Å²) in [4.78, 5) is 23.5. The molecule has 24 heavy (non-hydrogen) atoms. The third kappa shape index (κ3) is 3.38. The summed E-state index contributed by atoms with van der Waals surface area (Å²) in [5.74, 6) is 1.65. The Kier molecular flexibility index (Phi) is 4.65. The lowest BCUT2D eigenvalue weighted by Gasteiger charge is -2.33. The van der Waals surface area contributed by atoms with Crippen LogP contribution in [0.25, 0.3) is 0 Å². The number of anilines is 1. The predicted molar refractivity (Wildman–Crippen MR) is 92.7 cm³/mol. The number of hydrogen-bond donors (Lipinski definition) is 2. The number of rotatable bonds is 3. The second kappa shape index (κ2) is 7.05. The van der Waals surface area contributed by atoms with Gasteiger partial charge in [0.2, 0.25) is 11.9 Å². The summed E-state index contributed by atoms with van der Waals surface area (Å²) >= 11 is 0. The highest BCUT2D eigenvalue weighted by atomic mass is 16.2. The first kappa shape index (κ1) is 15.8. The van der Waals surface area contributed by atoms with Crippen molar-refractivity contribution in [2.24, 2.45) is 5.92 Å². The number of hydrogen-bond acceptors (Lipinski definition) is 5. The van der Waals surface area contributed by atoms with Crippen LogP contribution in [0.4, 0.5) is 5.95 Å². The van der Waals surface area contributed by atoms with Gasteiger partial charge in [0.05, 0.1) is 6.04 Å². The first-order chi connectivity index (χ1) is 11.8. The summed E-state index contributed by atoms with van der Waals surface area (Å²) in [6, 6.07) is 2.59. The monoisotopic (exact) mass is 329 g/mol. The molecule has 3 heterocycles. The van der Waals surface area contributed by atoms with Crippen LogP contribution in [0.3, 0.4) is 0 Å². The first-order valence-corrected chi connectivity index (χ1v) is 9.38. The van der Waals surface area contributed by atoms with Gasteiger partial charge in [0.15, 0.2) is 0 Å². The van der Waals surface area contributed by atoms with Crippen LogP contribution < -0.4 is 15.5 Å². The average molecular weight is 329 g/mol. The molecule has 1 amide bonds. The molecule has 130 valence electrons. The van der Waals surface area contributed by atoms with Crippen LogP contribution in [0.5, 0.6) is 0 Å². The molecule has 2 N–H and O–H groups in total. The molecule has 1 aliphatic carbocycles. The van der Waals surface area contributed by atoms with Crippen molar-refractivity contribution < 1.29 is 4.79 Å². The lowest BCUT2D eigenvalue weighted by Crippen LogP contribution is -2.52. The zero-order valence-corrected chi connectivity index (χ0v) is 14.2. The molecule has 4 rings (SSSR count). The van der Waals surface area contributed by atoms with Crippen molar-refractivity contribution in [1.29, 1.82) is 0 Å². The van der Waals surface area contributed by atoms with Crippen LogP contribution in [0.15, 0.2) is 18.5 Å². The van der Waals surface area contributed by atoms with Crippen molar-refractivity contribution in [2.45, 2.75) is 63.1 Å². The Balaban J connectivity index is 1.32. The molecule has 1 aromatic rings. The molecule has 1 aromatic heterocycles. The molecule has 6 heteroatoms. The number of aromatic nitrogens is 2. The zero-order valence-electron chi connectivity index (χ0n) is 14.2. The highest BCUT2D eigenvalue weighted by molar-refractivity contribution is 5.82. The van der Waals surface area contributed by atoms with Crippen LogP contribution >= 0.6 is 0 Å². The minimum Gasteiger partial charge on any atom is -0.350 e. The Morgan fingerprint density at radius 3 is 2.83 bits per heavy atom. The summed E-state index contributed by atoms with van der Waals surface area (Å²) in [5, 5.41) is 6.85. The predicted octanol–water partition coefficient (Wildman–Crippen LogP) is 1.48. The van der Waals surface area contributed by atoms with E-state index in [1.165, 1.54) is 25.7 Å². The second-order valence-corrected chi connectivity index (χ2v) is 7.45. The normalized spacial score (nSPS) is 33.1. The van der Waals surface area contributed by atoms with Crippen molar-refractivity contribution in [2.75, 3.05) is 18.0 Å². The Morgan fingerprint density at radius 1 is 1.17 bits per heavy atom. The molecule has 3 aliphatic rings. The molecule has 3 fully saturated rings. The van der Waals surface area contributed by atoms with Gasteiger partial charge in [0.1, 0.15) is 0 Å². The number of piperidine rings is 1. The van der Waals surface area contributed by atoms with Gasteiger partial charge in [0, 0.05) is 37.6 Å². The minimum atomic E-state index is 0.00134. The summed E-state index contributed by atoms with van der Waals surface area (Å²) in [7, 11) is 0. The van der Waals surface area contributed by atoms with E-state index in [0.717, 1.165) is 38.3 Å². The van der Waals surface area contributed by atoms with E-state index in [1.54, 1.807) is 12.4 Å². The van der Waals surface area contributed by atoms with E-state index in [1.807, 2.05) is 6.07 Å². The number of nitrogens with zero attached hydrogens (tertiary/aromatic N) is 3. The van der Waals surface area contributed by atoms with Gasteiger partial charge < -0.3 is 15.5 Å². The molecule has 0 aromatic carbocycles. The van der Waals surface area contributed by atoms with E-state index in [4.69, 9.17) is 0 Å². The summed E-state index contributed by atoms with van der Waals surface area (Å²) in [6.07, 6.45) is 11.8. The van der Waals surface area contributed by atoms with E-state index in [2.05, 4.69) is 25.5 Å². The van der Waals surface area contributed by atoms with E-state index >= 15 is 0 Å². The Morgan fingerprint density at radius 2 is 2.00 bits per heavy atom. The van der Waals surface area contributed by atoms with Crippen LogP contribution in [-0.4, -0.2) is 47.1 Å². The molecular formula is C18H27N5O. The number of nitrogens with one attached hydrogen (secondary N) is 2. The van der Waals surface area contributed by atoms with Crippen molar-refractivity contribution >= 4 is 11.9 Å². The molecule has 1 saturated carbocycles. The minimum absolute atomic E-state index is 0.00134. The molecule has 2 saturated heterocycles. The quantitative estimate of drug-likeness (QED) is 0.879. The SMILES string of the molecule is O=C(NC1CCCN(c2ncccn2)C1)C1CC2CCCCC2N1. The highest BCUT2D eigenvalue weighted by Crippen LogP contribution is 2.33. The van der Waals surface area contributed by atoms with Gasteiger partial charge in [-0.15, -0.1) is 0 Å². The summed E-state index contributed by atoms with van der Waals surface area (Å²) in [6.45, 7) is 1.76. The largest absolute Gasteiger partial charge is 0.350 e. The Bertz CT molecular complexity index is 552. The van der Waals surface area contributed by atoms with Crippen LogP contribution in [0.2, 0.25) is 0 Å². The van der Waals surface area contributed by atoms with Gasteiger partial charge in [-0.1, -0.05) is 12.8 Å². The molecule has 2 aliphatic heterocycles. The average Bonchev–Trinajstić information content (AvgIpc) is 3.07. The topological polar surface area (TPSA) is 70.2 Å². The number of carbonyl (C=O) groups is 1. The van der Waals surface area contributed by atoms with Gasteiger partial charge in [-0.25, -0.2) is 9.97 Å². The fourth-order valence-electron chi connectivity index (χ4n) is 4.55. The maximum Gasteiger partial charge on any atom is 0.237 e. The van der Waals surface area contributed by atoms with E-state index in [9.17, 15) is 4.79 Å². The van der Waals surface area contributed by atoms with Gasteiger partial charge in [-0.05, 0) is 44.1 Å². The maximum absolute atomic E-state index is 12.7. The number of carbonyl (C=O) groups excluding carboxylic acids is 1. The van der Waals surface area contributed by atoms with Gasteiger partial charge in [-0.2, -0.15) is 0 Å². The van der Waals surface area contributed by atoms with E-state index < -0.39 is 0 Å². The van der Waals surface area contributed by atoms with Gasteiger partial charge in [-0.3, -0.25) is 4.79 Å². The molecular weight excluding hydrogens is 302 g/mol. The Hall–Kier alpha value is -1.69. The second-order valence-electron chi connectivity index (χ2n) is 7.45. The number of amides is 1. The van der Waals surface area contributed by atoms with Crippen LogP contribution in [0.1, 0.15) is 44.9 Å². The molecule has 0 bridgehead atoms. The fraction of sp³-hybridized carbons (Fsp3) is 0.722. The smallest absolute Gasteiger partial charge is 0.237 e. The lowest BCUT2D eigenvalue weighted by molar-refractivity contribution is -0.123. The standard InChI is InChI=1S/C18H27N5O/c24-17(16-11-13-5-1-2-7-15(13)22-16)21-14-6-3-10-23(12-14)18-19-8-4-9-20-18/h4,8-9,13-16,22H,1-3,5-7,10-12H2,(H,21,24). The van der Waals surface area contributed by atoms with E-state index in [0.29, 0.717) is 12.0 Å². The van der Waals surface area contributed by atoms with Crippen LogP contribution in [0, 0.1) is 5.92 Å². The van der Waals surface area contributed by atoms with Crippen molar-refractivity contribution in [3.05, 3.63) is 18.5 Å². The molecule has 4 atom stereocenters. The van der Waals surface area contributed by atoms with Crippen molar-refractivity contribution in [3.8, 4) is 0 Å². The third-order valence-corrected chi connectivity index (χ3v) is 5.78. The van der Waals surface area contributed by atoms with E-state index in [-0.39, 0.29) is 18.0 Å². The van der Waals surface area contributed by atoms with Crippen molar-refractivity contribution in [3.63, 3.8) is 0 Å².